The molecule has 1 saturated heterocycles. The van der Waals surface area contributed by atoms with Crippen LogP contribution in [0.4, 0.5) is 0 Å². The van der Waals surface area contributed by atoms with Crippen LogP contribution in [-0.4, -0.2) is 36.6 Å². The van der Waals surface area contributed by atoms with Crippen molar-refractivity contribution in [3.8, 4) is 6.07 Å². The van der Waals surface area contributed by atoms with Crippen LogP contribution in [0.15, 0.2) is 0 Å². The van der Waals surface area contributed by atoms with Crippen molar-refractivity contribution in [1.29, 1.82) is 5.26 Å². The van der Waals surface area contributed by atoms with Crippen LogP contribution < -0.4 is 5.32 Å². The first-order valence-corrected chi connectivity index (χ1v) is 7.62. The van der Waals surface area contributed by atoms with E-state index in [1.165, 1.54) is 45.3 Å². The third-order valence-electron chi connectivity index (χ3n) is 4.95. The fraction of sp³-hybridized carbons (Fsp3) is 0.933. The van der Waals surface area contributed by atoms with Crippen LogP contribution in [0.25, 0.3) is 0 Å². The Balaban J connectivity index is 1.78. The Kier molecular flexibility index (Phi) is 5.03. The Bertz CT molecular complexity index is 289. The van der Waals surface area contributed by atoms with Crippen LogP contribution in [0, 0.1) is 23.2 Å². The van der Waals surface area contributed by atoms with Gasteiger partial charge < -0.3 is 10.2 Å². The van der Waals surface area contributed by atoms with Crippen molar-refractivity contribution in [2.75, 3.05) is 19.6 Å². The highest BCUT2D eigenvalue weighted by Crippen LogP contribution is 2.27. The number of nitrogens with one attached hydrogen (secondary N) is 1. The summed E-state index contributed by atoms with van der Waals surface area (Å²) in [7, 11) is 0. The van der Waals surface area contributed by atoms with Gasteiger partial charge in [-0.25, -0.2) is 0 Å². The molecule has 102 valence electrons. The summed E-state index contributed by atoms with van der Waals surface area (Å²) in [4.78, 5) is 2.54. The van der Waals surface area contributed by atoms with Gasteiger partial charge in [-0.1, -0.05) is 13.3 Å². The van der Waals surface area contributed by atoms with E-state index in [-0.39, 0.29) is 5.92 Å². The number of piperidine rings is 1. The van der Waals surface area contributed by atoms with Gasteiger partial charge in [-0.2, -0.15) is 5.26 Å². The minimum atomic E-state index is 0.253. The molecule has 1 saturated carbocycles. The lowest BCUT2D eigenvalue weighted by Crippen LogP contribution is -2.46. The SMILES string of the molecule is CCN1CCC(C(C)NC2CCCC2C#N)CC1. The second-order valence-corrected chi connectivity index (χ2v) is 6.00. The van der Waals surface area contributed by atoms with Gasteiger partial charge in [0.1, 0.15) is 0 Å². The van der Waals surface area contributed by atoms with E-state index >= 15 is 0 Å². The molecule has 0 amide bonds. The fourth-order valence-electron chi connectivity index (χ4n) is 3.56. The molecule has 1 aliphatic carbocycles. The molecule has 3 atom stereocenters. The average molecular weight is 249 g/mol. The molecule has 1 N–H and O–H groups in total. The molecule has 0 aromatic heterocycles. The lowest BCUT2D eigenvalue weighted by Gasteiger charge is -2.36. The second kappa shape index (κ2) is 6.54. The predicted molar refractivity (Wildman–Crippen MR) is 74.2 cm³/mol. The number of nitriles is 1. The van der Waals surface area contributed by atoms with Crippen molar-refractivity contribution in [2.24, 2.45) is 11.8 Å². The fourth-order valence-corrected chi connectivity index (χ4v) is 3.56. The van der Waals surface area contributed by atoms with E-state index in [2.05, 4.69) is 30.1 Å². The van der Waals surface area contributed by atoms with Crippen molar-refractivity contribution in [3.05, 3.63) is 0 Å². The molecule has 1 heterocycles. The first kappa shape index (κ1) is 13.8. The predicted octanol–water partition coefficient (Wildman–Crippen LogP) is 2.39. The summed E-state index contributed by atoms with van der Waals surface area (Å²) in [5.74, 6) is 1.05. The van der Waals surface area contributed by atoms with E-state index in [9.17, 15) is 0 Å². The number of hydrogen-bond acceptors (Lipinski definition) is 3. The Morgan fingerprint density at radius 3 is 2.61 bits per heavy atom. The van der Waals surface area contributed by atoms with Gasteiger partial charge in [-0.3, -0.25) is 0 Å². The Morgan fingerprint density at radius 1 is 1.28 bits per heavy atom. The van der Waals surface area contributed by atoms with Gasteiger partial charge in [-0.05, 0) is 58.2 Å². The Hall–Kier alpha value is -0.590. The van der Waals surface area contributed by atoms with Gasteiger partial charge in [-0.15, -0.1) is 0 Å². The highest BCUT2D eigenvalue weighted by molar-refractivity contribution is 4.97. The van der Waals surface area contributed by atoms with Crippen LogP contribution in [0.5, 0.6) is 0 Å². The van der Waals surface area contributed by atoms with Crippen LogP contribution in [0.3, 0.4) is 0 Å². The highest BCUT2D eigenvalue weighted by Gasteiger charge is 2.30. The van der Waals surface area contributed by atoms with Gasteiger partial charge in [0.05, 0.1) is 12.0 Å². The average Bonchev–Trinajstić information content (AvgIpc) is 2.86. The van der Waals surface area contributed by atoms with Gasteiger partial charge in [0, 0.05) is 12.1 Å². The highest BCUT2D eigenvalue weighted by atomic mass is 15.1. The lowest BCUT2D eigenvalue weighted by molar-refractivity contribution is 0.162. The standard InChI is InChI=1S/C15H27N3/c1-3-18-9-7-13(8-10-18)12(2)17-15-6-4-5-14(15)11-16/h12-15,17H,3-10H2,1-2H3. The van der Waals surface area contributed by atoms with Crippen molar-refractivity contribution in [1.82, 2.24) is 10.2 Å². The van der Waals surface area contributed by atoms with E-state index in [1.807, 2.05) is 0 Å². The molecule has 1 aliphatic heterocycles. The summed E-state index contributed by atoms with van der Waals surface area (Å²) in [6.07, 6.45) is 6.13. The molecule has 0 radical (unpaired) electrons. The lowest BCUT2D eigenvalue weighted by atomic mass is 9.89. The van der Waals surface area contributed by atoms with Gasteiger partial charge >= 0.3 is 0 Å². The molecule has 3 unspecified atom stereocenters. The zero-order valence-corrected chi connectivity index (χ0v) is 11.9. The van der Waals surface area contributed by atoms with E-state index < -0.39 is 0 Å². The zero-order chi connectivity index (χ0) is 13.0. The van der Waals surface area contributed by atoms with E-state index in [4.69, 9.17) is 5.26 Å². The van der Waals surface area contributed by atoms with Crippen LogP contribution >= 0.6 is 0 Å². The molecule has 2 rings (SSSR count). The maximum absolute atomic E-state index is 9.13. The summed E-state index contributed by atoms with van der Waals surface area (Å²) in [6, 6.07) is 3.49. The van der Waals surface area contributed by atoms with Crippen molar-refractivity contribution in [3.63, 3.8) is 0 Å². The molecule has 0 bridgehead atoms. The first-order chi connectivity index (χ1) is 8.74. The van der Waals surface area contributed by atoms with Crippen LogP contribution in [0.1, 0.15) is 46.0 Å². The maximum atomic E-state index is 9.13. The zero-order valence-electron chi connectivity index (χ0n) is 11.9. The number of rotatable bonds is 4. The van der Waals surface area contributed by atoms with Crippen molar-refractivity contribution < 1.29 is 0 Å². The summed E-state index contributed by atoms with van der Waals surface area (Å²) in [5, 5.41) is 12.9. The molecule has 2 fully saturated rings. The first-order valence-electron chi connectivity index (χ1n) is 7.62. The quantitative estimate of drug-likeness (QED) is 0.831. The Labute approximate surface area is 112 Å². The molecule has 0 aromatic rings. The molecular formula is C15H27N3. The molecule has 0 aromatic carbocycles. The minimum Gasteiger partial charge on any atom is -0.310 e. The maximum Gasteiger partial charge on any atom is 0.0672 e. The van der Waals surface area contributed by atoms with E-state index in [0.29, 0.717) is 12.1 Å². The molecule has 0 spiro atoms. The van der Waals surface area contributed by atoms with E-state index in [1.54, 1.807) is 0 Å². The topological polar surface area (TPSA) is 39.1 Å². The van der Waals surface area contributed by atoms with Gasteiger partial charge in [0.25, 0.3) is 0 Å². The smallest absolute Gasteiger partial charge is 0.0672 e. The van der Waals surface area contributed by atoms with Crippen LogP contribution in [0.2, 0.25) is 0 Å². The largest absolute Gasteiger partial charge is 0.310 e. The Morgan fingerprint density at radius 2 is 2.00 bits per heavy atom. The summed E-state index contributed by atoms with van der Waals surface area (Å²) in [6.45, 7) is 8.25. The molecule has 3 nitrogen and oxygen atoms in total. The summed E-state index contributed by atoms with van der Waals surface area (Å²) < 4.78 is 0. The van der Waals surface area contributed by atoms with E-state index in [0.717, 1.165) is 12.3 Å². The normalized spacial score (nSPS) is 32.3. The third kappa shape index (κ3) is 3.24. The summed E-state index contributed by atoms with van der Waals surface area (Å²) in [5.41, 5.74) is 0. The summed E-state index contributed by atoms with van der Waals surface area (Å²) >= 11 is 0. The molecule has 3 heteroatoms. The number of hydrogen-bond donors (Lipinski definition) is 1. The van der Waals surface area contributed by atoms with Gasteiger partial charge in [0.2, 0.25) is 0 Å². The van der Waals surface area contributed by atoms with Crippen molar-refractivity contribution in [2.45, 2.75) is 58.0 Å². The molecule has 2 aliphatic rings. The van der Waals surface area contributed by atoms with Crippen molar-refractivity contribution >= 4 is 0 Å². The molecule has 18 heavy (non-hydrogen) atoms. The number of nitrogens with zero attached hydrogens (tertiary/aromatic N) is 2. The minimum absolute atomic E-state index is 0.253. The number of likely N-dealkylation sites (tertiary alicyclic amines) is 1. The monoisotopic (exact) mass is 249 g/mol. The third-order valence-corrected chi connectivity index (χ3v) is 4.95. The van der Waals surface area contributed by atoms with Gasteiger partial charge in [0.15, 0.2) is 0 Å². The van der Waals surface area contributed by atoms with Crippen LogP contribution in [-0.2, 0) is 0 Å². The molecular weight excluding hydrogens is 222 g/mol. The second-order valence-electron chi connectivity index (χ2n) is 6.00.